The summed E-state index contributed by atoms with van der Waals surface area (Å²) in [4.78, 5) is 29.5. The van der Waals surface area contributed by atoms with Crippen molar-refractivity contribution in [3.05, 3.63) is 28.8 Å². The molecule has 144 valence electrons. The van der Waals surface area contributed by atoms with E-state index in [1.165, 1.54) is 5.56 Å². The minimum absolute atomic E-state index is 0. The second-order valence-electron chi connectivity index (χ2n) is 7.67. The number of amides is 2. The molecule has 0 aliphatic carbocycles. The third-order valence-corrected chi connectivity index (χ3v) is 5.70. The molecule has 0 saturated carbocycles. The average molecular weight is 380 g/mol. The van der Waals surface area contributed by atoms with Gasteiger partial charge in [-0.1, -0.05) is 17.7 Å². The van der Waals surface area contributed by atoms with Gasteiger partial charge in [-0.25, -0.2) is 0 Å². The number of carbonyl (C=O) groups excluding carboxylic acids is 2. The third kappa shape index (κ3) is 3.74. The summed E-state index contributed by atoms with van der Waals surface area (Å²) in [6.45, 7) is 12.4. The first-order valence-corrected chi connectivity index (χ1v) is 9.21. The lowest BCUT2D eigenvalue weighted by molar-refractivity contribution is -0.139. The molecular weight excluding hydrogens is 350 g/mol. The molecule has 6 heteroatoms. The Kier molecular flexibility index (Phi) is 6.35. The van der Waals surface area contributed by atoms with Gasteiger partial charge in [-0.05, 0) is 45.7 Å². The average Bonchev–Trinajstić information content (AvgIpc) is 2.90. The molecular formula is C20H30ClN3O2. The highest BCUT2D eigenvalue weighted by Crippen LogP contribution is 2.32. The number of hydrogen-bond donors (Lipinski definition) is 1. The molecule has 1 N–H and O–H groups in total. The Balaban J connectivity index is 0.00000243. The van der Waals surface area contributed by atoms with Crippen LogP contribution < -0.4 is 10.2 Å². The van der Waals surface area contributed by atoms with Gasteiger partial charge in [0.15, 0.2) is 0 Å². The van der Waals surface area contributed by atoms with Gasteiger partial charge < -0.3 is 15.1 Å². The second-order valence-corrected chi connectivity index (χ2v) is 7.67. The van der Waals surface area contributed by atoms with Gasteiger partial charge in [-0.15, -0.1) is 12.4 Å². The van der Waals surface area contributed by atoms with Crippen molar-refractivity contribution in [2.24, 2.45) is 5.92 Å². The first kappa shape index (κ1) is 20.7. The van der Waals surface area contributed by atoms with E-state index in [2.05, 4.69) is 38.2 Å². The van der Waals surface area contributed by atoms with Gasteiger partial charge in [0.1, 0.15) is 0 Å². The van der Waals surface area contributed by atoms with Crippen LogP contribution in [0, 0.1) is 26.7 Å². The van der Waals surface area contributed by atoms with Crippen molar-refractivity contribution in [3.63, 3.8) is 0 Å². The topological polar surface area (TPSA) is 52.7 Å². The zero-order valence-electron chi connectivity index (χ0n) is 16.3. The Labute approximate surface area is 162 Å². The molecule has 5 nitrogen and oxygen atoms in total. The molecule has 2 amide bonds. The number of rotatable bonds is 2. The van der Waals surface area contributed by atoms with Gasteiger partial charge in [-0.3, -0.25) is 9.59 Å². The smallest absolute Gasteiger partial charge is 0.228 e. The van der Waals surface area contributed by atoms with E-state index in [-0.39, 0.29) is 42.2 Å². The maximum absolute atomic E-state index is 13.0. The molecule has 26 heavy (non-hydrogen) atoms. The number of halogens is 1. The number of nitrogens with one attached hydrogen (secondary N) is 1. The van der Waals surface area contributed by atoms with E-state index >= 15 is 0 Å². The quantitative estimate of drug-likeness (QED) is 0.859. The van der Waals surface area contributed by atoms with Crippen molar-refractivity contribution >= 4 is 29.9 Å². The van der Waals surface area contributed by atoms with Crippen molar-refractivity contribution in [1.29, 1.82) is 0 Å². The fourth-order valence-electron chi connectivity index (χ4n) is 4.29. The van der Waals surface area contributed by atoms with Crippen molar-refractivity contribution in [3.8, 4) is 0 Å². The van der Waals surface area contributed by atoms with E-state index < -0.39 is 0 Å². The molecule has 2 saturated heterocycles. The van der Waals surface area contributed by atoms with Crippen LogP contribution in [0.25, 0.3) is 0 Å². The summed E-state index contributed by atoms with van der Waals surface area (Å²) in [5.41, 5.74) is 4.38. The fraction of sp³-hybridized carbons (Fsp3) is 0.600. The molecule has 3 atom stereocenters. The summed E-state index contributed by atoms with van der Waals surface area (Å²) < 4.78 is 0. The lowest BCUT2D eigenvalue weighted by atomic mass is 10.0. The monoisotopic (exact) mass is 379 g/mol. The zero-order valence-corrected chi connectivity index (χ0v) is 17.2. The minimum Gasteiger partial charge on any atom is -0.337 e. The summed E-state index contributed by atoms with van der Waals surface area (Å²) >= 11 is 0. The number of carbonyl (C=O) groups is 2. The van der Waals surface area contributed by atoms with E-state index in [9.17, 15) is 9.59 Å². The molecule has 1 aromatic carbocycles. The van der Waals surface area contributed by atoms with Gasteiger partial charge in [0, 0.05) is 43.8 Å². The molecule has 2 aliphatic rings. The summed E-state index contributed by atoms with van der Waals surface area (Å²) in [5, 5.41) is 3.40. The van der Waals surface area contributed by atoms with Crippen molar-refractivity contribution in [1.82, 2.24) is 10.2 Å². The van der Waals surface area contributed by atoms with Crippen LogP contribution in [0.1, 0.15) is 37.0 Å². The Morgan fingerprint density at radius 2 is 1.77 bits per heavy atom. The zero-order chi connectivity index (χ0) is 18.3. The number of nitrogens with zero attached hydrogens (tertiary/aromatic N) is 2. The molecule has 3 unspecified atom stereocenters. The van der Waals surface area contributed by atoms with E-state index in [0.29, 0.717) is 13.0 Å². The van der Waals surface area contributed by atoms with Gasteiger partial charge in [-0.2, -0.15) is 0 Å². The van der Waals surface area contributed by atoms with Crippen molar-refractivity contribution < 1.29 is 9.59 Å². The molecule has 1 aromatic rings. The van der Waals surface area contributed by atoms with Crippen LogP contribution in [-0.4, -0.2) is 48.4 Å². The standard InChI is InChI=1S/C20H29N3O2.ClH/c1-12-8-13(2)19(14(3)9-12)23-11-17(10-18(23)24)20(25)22-7-6-21-15(4)16(22)5;/h8-9,15-17,21H,6-7,10-11H2,1-5H3;1H. The Morgan fingerprint density at radius 1 is 1.15 bits per heavy atom. The Hall–Kier alpha value is -1.59. The first-order chi connectivity index (χ1) is 11.8. The van der Waals surface area contributed by atoms with E-state index in [4.69, 9.17) is 0 Å². The highest BCUT2D eigenvalue weighted by Gasteiger charge is 2.40. The van der Waals surface area contributed by atoms with Crippen LogP contribution in [0.2, 0.25) is 0 Å². The Morgan fingerprint density at radius 3 is 2.38 bits per heavy atom. The van der Waals surface area contributed by atoms with E-state index in [1.54, 1.807) is 0 Å². The predicted octanol–water partition coefficient (Wildman–Crippen LogP) is 2.60. The predicted molar refractivity (Wildman–Crippen MR) is 107 cm³/mol. The van der Waals surface area contributed by atoms with Gasteiger partial charge in [0.25, 0.3) is 0 Å². The van der Waals surface area contributed by atoms with Crippen LogP contribution in [0.4, 0.5) is 5.69 Å². The highest BCUT2D eigenvalue weighted by molar-refractivity contribution is 6.01. The Bertz CT molecular complexity index is 683. The van der Waals surface area contributed by atoms with Gasteiger partial charge >= 0.3 is 0 Å². The lowest BCUT2D eigenvalue weighted by Gasteiger charge is -2.39. The van der Waals surface area contributed by atoms with Gasteiger partial charge in [0.2, 0.25) is 11.8 Å². The van der Waals surface area contributed by atoms with Crippen molar-refractivity contribution in [2.75, 3.05) is 24.5 Å². The maximum atomic E-state index is 13.0. The van der Waals surface area contributed by atoms with Crippen LogP contribution in [0.5, 0.6) is 0 Å². The number of aryl methyl sites for hydroxylation is 3. The molecule has 2 heterocycles. The largest absolute Gasteiger partial charge is 0.337 e. The minimum atomic E-state index is -0.236. The molecule has 2 aliphatic heterocycles. The summed E-state index contributed by atoms with van der Waals surface area (Å²) in [7, 11) is 0. The highest BCUT2D eigenvalue weighted by atomic mass is 35.5. The number of piperazine rings is 1. The van der Waals surface area contributed by atoms with Crippen molar-refractivity contribution in [2.45, 2.75) is 53.1 Å². The normalized spacial score (nSPS) is 26.0. The third-order valence-electron chi connectivity index (χ3n) is 5.70. The van der Waals surface area contributed by atoms with Crippen LogP contribution in [0.15, 0.2) is 12.1 Å². The number of hydrogen-bond acceptors (Lipinski definition) is 3. The molecule has 2 fully saturated rings. The first-order valence-electron chi connectivity index (χ1n) is 9.21. The molecule has 0 aromatic heterocycles. The van der Waals surface area contributed by atoms with Crippen LogP contribution in [0.3, 0.4) is 0 Å². The van der Waals surface area contributed by atoms with E-state index in [0.717, 1.165) is 29.9 Å². The second kappa shape index (κ2) is 7.97. The maximum Gasteiger partial charge on any atom is 0.228 e. The summed E-state index contributed by atoms with van der Waals surface area (Å²) in [6, 6.07) is 4.65. The SMILES string of the molecule is Cc1cc(C)c(N2CC(C(=O)N3CCNC(C)C3C)CC2=O)c(C)c1.Cl. The number of anilines is 1. The fourth-order valence-corrected chi connectivity index (χ4v) is 4.29. The molecule has 0 bridgehead atoms. The van der Waals surface area contributed by atoms with Crippen LogP contribution in [-0.2, 0) is 9.59 Å². The van der Waals surface area contributed by atoms with Crippen LogP contribution >= 0.6 is 12.4 Å². The van der Waals surface area contributed by atoms with Gasteiger partial charge in [0.05, 0.1) is 5.92 Å². The molecule has 0 radical (unpaired) electrons. The summed E-state index contributed by atoms with van der Waals surface area (Å²) in [5.74, 6) is -0.0521. The molecule has 0 spiro atoms. The number of benzene rings is 1. The van der Waals surface area contributed by atoms with E-state index in [1.807, 2.05) is 23.6 Å². The lowest BCUT2D eigenvalue weighted by Crippen LogP contribution is -2.58. The summed E-state index contributed by atoms with van der Waals surface area (Å²) in [6.07, 6.45) is 0.316. The molecule has 3 rings (SSSR count).